The molecule has 0 radical (unpaired) electrons. The van der Waals surface area contributed by atoms with Gasteiger partial charge in [-0.25, -0.2) is 0 Å². The number of hydrogen-bond donors (Lipinski definition) is 1. The fraction of sp³-hybridized carbons (Fsp3) is 0.545. The van der Waals surface area contributed by atoms with Crippen molar-refractivity contribution in [2.45, 2.75) is 39.7 Å². The van der Waals surface area contributed by atoms with Gasteiger partial charge >= 0.3 is 0 Å². The van der Waals surface area contributed by atoms with Crippen molar-refractivity contribution in [2.24, 2.45) is 5.73 Å². The van der Waals surface area contributed by atoms with Gasteiger partial charge in [0.1, 0.15) is 0 Å². The average Bonchev–Trinajstić information content (AvgIpc) is 2.16. The highest BCUT2D eigenvalue weighted by Gasteiger charge is 2.01. The Bertz CT molecular complexity index is 269. The lowest BCUT2D eigenvalue weighted by atomic mass is 10.1. The molecule has 0 saturated heterocycles. The lowest BCUT2D eigenvalue weighted by Gasteiger charge is -2.06. The van der Waals surface area contributed by atoms with E-state index >= 15 is 0 Å². The predicted octanol–water partition coefficient (Wildman–Crippen LogP) is 2.19. The van der Waals surface area contributed by atoms with Crippen LogP contribution in [0.3, 0.4) is 0 Å². The van der Waals surface area contributed by atoms with Crippen LogP contribution in [0.1, 0.15) is 36.7 Å². The molecule has 0 aliphatic heterocycles. The van der Waals surface area contributed by atoms with Gasteiger partial charge in [-0.2, -0.15) is 0 Å². The molecule has 0 aliphatic rings. The zero-order chi connectivity index (χ0) is 9.68. The van der Waals surface area contributed by atoms with E-state index in [1.165, 1.54) is 18.4 Å². The minimum Gasteiger partial charge on any atom is -0.325 e. The van der Waals surface area contributed by atoms with Crippen LogP contribution < -0.4 is 5.73 Å². The number of unbranched alkanes of at least 4 members (excludes halogenated alkanes) is 1. The van der Waals surface area contributed by atoms with Gasteiger partial charge in [0.15, 0.2) is 0 Å². The molecule has 0 bridgehead atoms. The normalized spacial score (nSPS) is 10.4. The van der Waals surface area contributed by atoms with E-state index in [0.29, 0.717) is 6.54 Å². The maximum absolute atomic E-state index is 5.63. The zero-order valence-electron chi connectivity index (χ0n) is 8.51. The average molecular weight is 178 g/mol. The SMILES string of the molecule is CCCCc1ccc(C)nc1CN. The van der Waals surface area contributed by atoms with Crippen LogP contribution in [0.15, 0.2) is 12.1 Å². The Kier molecular flexibility index (Phi) is 3.90. The number of nitrogens with zero attached hydrogens (tertiary/aromatic N) is 1. The summed E-state index contributed by atoms with van der Waals surface area (Å²) in [7, 11) is 0. The summed E-state index contributed by atoms with van der Waals surface area (Å²) in [6.07, 6.45) is 3.55. The second kappa shape index (κ2) is 4.97. The third-order valence-electron chi connectivity index (χ3n) is 2.20. The summed E-state index contributed by atoms with van der Waals surface area (Å²) in [5.74, 6) is 0. The van der Waals surface area contributed by atoms with Crippen LogP contribution in [0.5, 0.6) is 0 Å². The maximum Gasteiger partial charge on any atom is 0.0574 e. The van der Waals surface area contributed by atoms with Crippen molar-refractivity contribution in [2.75, 3.05) is 0 Å². The third-order valence-corrected chi connectivity index (χ3v) is 2.20. The van der Waals surface area contributed by atoms with Crippen LogP contribution in [-0.2, 0) is 13.0 Å². The molecule has 2 N–H and O–H groups in total. The second-order valence-electron chi connectivity index (χ2n) is 3.37. The van der Waals surface area contributed by atoms with Crippen molar-refractivity contribution < 1.29 is 0 Å². The lowest BCUT2D eigenvalue weighted by molar-refractivity contribution is 0.775. The van der Waals surface area contributed by atoms with Crippen molar-refractivity contribution in [3.8, 4) is 0 Å². The molecular weight excluding hydrogens is 160 g/mol. The summed E-state index contributed by atoms with van der Waals surface area (Å²) in [5.41, 5.74) is 9.06. The highest BCUT2D eigenvalue weighted by Crippen LogP contribution is 2.10. The molecule has 0 aliphatic carbocycles. The Morgan fingerprint density at radius 2 is 2.15 bits per heavy atom. The van der Waals surface area contributed by atoms with E-state index < -0.39 is 0 Å². The number of hydrogen-bond acceptors (Lipinski definition) is 2. The minimum atomic E-state index is 0.556. The van der Waals surface area contributed by atoms with E-state index in [1.807, 2.05) is 6.92 Å². The number of nitrogens with two attached hydrogens (primary N) is 1. The molecule has 0 fully saturated rings. The van der Waals surface area contributed by atoms with Gasteiger partial charge in [-0.3, -0.25) is 4.98 Å². The predicted molar refractivity (Wildman–Crippen MR) is 55.5 cm³/mol. The van der Waals surface area contributed by atoms with Crippen molar-refractivity contribution in [3.63, 3.8) is 0 Å². The van der Waals surface area contributed by atoms with E-state index in [2.05, 4.69) is 24.0 Å². The first-order valence-corrected chi connectivity index (χ1v) is 4.93. The monoisotopic (exact) mass is 178 g/mol. The van der Waals surface area contributed by atoms with Crippen LogP contribution in [0.4, 0.5) is 0 Å². The minimum absolute atomic E-state index is 0.556. The quantitative estimate of drug-likeness (QED) is 0.767. The molecule has 0 unspecified atom stereocenters. The zero-order valence-corrected chi connectivity index (χ0v) is 8.51. The van der Waals surface area contributed by atoms with Gasteiger partial charge in [0, 0.05) is 12.2 Å². The van der Waals surface area contributed by atoms with Crippen molar-refractivity contribution in [3.05, 3.63) is 29.1 Å². The van der Waals surface area contributed by atoms with Gasteiger partial charge in [0.2, 0.25) is 0 Å². The van der Waals surface area contributed by atoms with Crippen LogP contribution in [0.2, 0.25) is 0 Å². The fourth-order valence-electron chi connectivity index (χ4n) is 1.41. The molecular formula is C11H18N2. The van der Waals surface area contributed by atoms with Crippen molar-refractivity contribution in [1.29, 1.82) is 0 Å². The van der Waals surface area contributed by atoms with Gasteiger partial charge in [0.05, 0.1) is 5.69 Å². The molecule has 1 heterocycles. The smallest absolute Gasteiger partial charge is 0.0574 e. The fourth-order valence-corrected chi connectivity index (χ4v) is 1.41. The number of aryl methyl sites for hydroxylation is 2. The van der Waals surface area contributed by atoms with Gasteiger partial charge in [-0.15, -0.1) is 0 Å². The highest BCUT2D eigenvalue weighted by atomic mass is 14.7. The molecule has 0 saturated carbocycles. The van der Waals surface area contributed by atoms with E-state index in [4.69, 9.17) is 5.73 Å². The molecule has 0 atom stereocenters. The van der Waals surface area contributed by atoms with Crippen LogP contribution in [-0.4, -0.2) is 4.98 Å². The first-order chi connectivity index (χ1) is 6.27. The van der Waals surface area contributed by atoms with Crippen LogP contribution in [0, 0.1) is 6.92 Å². The maximum atomic E-state index is 5.63. The molecule has 1 aromatic rings. The number of pyridine rings is 1. The number of aromatic nitrogens is 1. The number of rotatable bonds is 4. The van der Waals surface area contributed by atoms with Crippen molar-refractivity contribution in [1.82, 2.24) is 4.98 Å². The topological polar surface area (TPSA) is 38.9 Å². The Hall–Kier alpha value is -0.890. The summed E-state index contributed by atoms with van der Waals surface area (Å²) in [6.45, 7) is 4.76. The first-order valence-electron chi connectivity index (χ1n) is 4.93. The molecule has 1 aromatic heterocycles. The van der Waals surface area contributed by atoms with Crippen molar-refractivity contribution >= 4 is 0 Å². The first kappa shape index (κ1) is 10.2. The van der Waals surface area contributed by atoms with Crippen LogP contribution in [0.25, 0.3) is 0 Å². The van der Waals surface area contributed by atoms with E-state index in [9.17, 15) is 0 Å². The summed E-state index contributed by atoms with van der Waals surface area (Å²) < 4.78 is 0. The van der Waals surface area contributed by atoms with Gasteiger partial charge in [-0.05, 0) is 31.4 Å². The molecule has 72 valence electrons. The molecule has 2 heteroatoms. The van der Waals surface area contributed by atoms with Crippen LogP contribution >= 0.6 is 0 Å². The van der Waals surface area contributed by atoms with E-state index in [-0.39, 0.29) is 0 Å². The summed E-state index contributed by atoms with van der Waals surface area (Å²) in [6, 6.07) is 4.21. The summed E-state index contributed by atoms with van der Waals surface area (Å²) in [4.78, 5) is 4.42. The highest BCUT2D eigenvalue weighted by molar-refractivity contribution is 5.22. The summed E-state index contributed by atoms with van der Waals surface area (Å²) >= 11 is 0. The van der Waals surface area contributed by atoms with E-state index in [0.717, 1.165) is 17.8 Å². The standard InChI is InChI=1S/C11H18N2/c1-3-4-5-10-7-6-9(2)13-11(10)8-12/h6-7H,3-5,8,12H2,1-2H3. The molecule has 0 amide bonds. The molecule has 0 spiro atoms. The Morgan fingerprint density at radius 1 is 1.38 bits per heavy atom. The summed E-state index contributed by atoms with van der Waals surface area (Å²) in [5, 5.41) is 0. The Morgan fingerprint density at radius 3 is 2.77 bits per heavy atom. The lowest BCUT2D eigenvalue weighted by Crippen LogP contribution is -2.05. The molecule has 1 rings (SSSR count). The Labute approximate surface area is 80.2 Å². The van der Waals surface area contributed by atoms with Gasteiger partial charge in [0.25, 0.3) is 0 Å². The largest absolute Gasteiger partial charge is 0.325 e. The van der Waals surface area contributed by atoms with Gasteiger partial charge in [-0.1, -0.05) is 19.4 Å². The second-order valence-corrected chi connectivity index (χ2v) is 3.37. The van der Waals surface area contributed by atoms with E-state index in [1.54, 1.807) is 0 Å². The molecule has 2 nitrogen and oxygen atoms in total. The molecule has 13 heavy (non-hydrogen) atoms. The molecule has 0 aromatic carbocycles. The van der Waals surface area contributed by atoms with Gasteiger partial charge < -0.3 is 5.73 Å². The Balaban J connectivity index is 2.79. The third kappa shape index (κ3) is 2.81.